The number of carboxylic acids is 1. The summed E-state index contributed by atoms with van der Waals surface area (Å²) in [6.45, 7) is 0. The Morgan fingerprint density at radius 3 is 2.70 bits per heavy atom. The van der Waals surface area contributed by atoms with Crippen LogP contribution in [-0.2, 0) is 21.2 Å². The lowest BCUT2D eigenvalue weighted by atomic mass is 10.3. The van der Waals surface area contributed by atoms with Gasteiger partial charge in [-0.15, -0.1) is 11.3 Å². The lowest BCUT2D eigenvalue weighted by Crippen LogP contribution is -2.11. The van der Waals surface area contributed by atoms with Gasteiger partial charge in [-0.3, -0.25) is 9.52 Å². The van der Waals surface area contributed by atoms with Crippen LogP contribution in [0.3, 0.4) is 0 Å². The van der Waals surface area contributed by atoms with Crippen LogP contribution in [0.1, 0.15) is 4.88 Å². The number of aliphatic carboxylic acids is 1. The number of aromatic nitrogens is 1. The predicted molar refractivity (Wildman–Crippen MR) is 78.4 cm³/mol. The molecule has 0 unspecified atom stereocenters. The number of hydrogen-bond acceptors (Lipinski definition) is 5. The minimum atomic E-state index is -3.72. The van der Waals surface area contributed by atoms with Crippen molar-refractivity contribution < 1.29 is 18.3 Å². The molecule has 20 heavy (non-hydrogen) atoms. The summed E-state index contributed by atoms with van der Waals surface area (Å²) in [6.07, 6.45) is 1.19. The van der Waals surface area contributed by atoms with E-state index in [4.69, 9.17) is 5.11 Å². The van der Waals surface area contributed by atoms with Crippen LogP contribution in [-0.4, -0.2) is 24.5 Å². The van der Waals surface area contributed by atoms with E-state index in [9.17, 15) is 13.2 Å². The normalized spacial score (nSPS) is 11.2. The van der Waals surface area contributed by atoms with Gasteiger partial charge in [0.2, 0.25) is 0 Å². The first-order valence-corrected chi connectivity index (χ1v) is 8.41. The van der Waals surface area contributed by atoms with E-state index in [-0.39, 0.29) is 10.6 Å². The van der Waals surface area contributed by atoms with Crippen LogP contribution in [0.2, 0.25) is 0 Å². The Morgan fingerprint density at radius 1 is 1.35 bits per heavy atom. The van der Waals surface area contributed by atoms with Crippen LogP contribution in [0.5, 0.6) is 0 Å². The maximum atomic E-state index is 12.1. The van der Waals surface area contributed by atoms with Gasteiger partial charge >= 0.3 is 5.97 Å². The second-order valence-corrected chi connectivity index (χ2v) is 7.66. The summed E-state index contributed by atoms with van der Waals surface area (Å²) in [4.78, 5) is 15.0. The highest BCUT2D eigenvalue weighted by Crippen LogP contribution is 2.24. The molecule has 0 saturated carbocycles. The van der Waals surface area contributed by atoms with Gasteiger partial charge in [-0.05, 0) is 40.2 Å². The number of thiophene rings is 1. The molecule has 0 spiro atoms. The second-order valence-electron chi connectivity index (χ2n) is 3.77. The third-order valence-corrected chi connectivity index (χ3v) is 5.63. The van der Waals surface area contributed by atoms with Crippen molar-refractivity contribution in [2.24, 2.45) is 0 Å². The van der Waals surface area contributed by atoms with Crippen molar-refractivity contribution in [3.05, 3.63) is 39.9 Å². The number of carboxylic acid groups (broad SMARTS) is 1. The zero-order valence-electron chi connectivity index (χ0n) is 9.91. The highest BCUT2D eigenvalue weighted by molar-refractivity contribution is 9.10. The minimum absolute atomic E-state index is 0.0664. The molecule has 0 aliphatic heterocycles. The van der Waals surface area contributed by atoms with Crippen molar-refractivity contribution >= 4 is 48.9 Å². The van der Waals surface area contributed by atoms with E-state index < -0.39 is 16.0 Å². The fourth-order valence-electron chi connectivity index (χ4n) is 1.39. The first-order chi connectivity index (χ1) is 9.37. The fourth-order valence-corrected chi connectivity index (χ4v) is 4.01. The number of pyridine rings is 1. The van der Waals surface area contributed by atoms with E-state index in [0.717, 1.165) is 11.3 Å². The molecule has 0 radical (unpaired) electrons. The molecule has 2 N–H and O–H groups in total. The molecule has 106 valence electrons. The molecule has 6 nitrogen and oxygen atoms in total. The lowest BCUT2D eigenvalue weighted by molar-refractivity contribution is -0.136. The number of hydrogen-bond donors (Lipinski definition) is 2. The van der Waals surface area contributed by atoms with E-state index in [1.807, 2.05) is 0 Å². The van der Waals surface area contributed by atoms with Gasteiger partial charge in [-0.1, -0.05) is 0 Å². The fraction of sp³-hybridized carbons (Fsp3) is 0.0909. The van der Waals surface area contributed by atoms with Crippen LogP contribution < -0.4 is 4.72 Å². The quantitative estimate of drug-likeness (QED) is 0.780. The Bertz CT molecular complexity index is 725. The zero-order valence-corrected chi connectivity index (χ0v) is 13.1. The van der Waals surface area contributed by atoms with Crippen LogP contribution in [0.15, 0.2) is 39.3 Å². The van der Waals surface area contributed by atoms with Crippen molar-refractivity contribution in [3.63, 3.8) is 0 Å². The molecule has 0 aliphatic carbocycles. The van der Waals surface area contributed by atoms with Crippen LogP contribution >= 0.6 is 27.3 Å². The average molecular weight is 377 g/mol. The van der Waals surface area contributed by atoms with Gasteiger partial charge in [-0.25, -0.2) is 13.4 Å². The number of sulfonamides is 1. The topological polar surface area (TPSA) is 96.4 Å². The minimum Gasteiger partial charge on any atom is -0.481 e. The Labute approximate surface area is 127 Å². The summed E-state index contributed by atoms with van der Waals surface area (Å²) in [5, 5.41) is 8.67. The third-order valence-electron chi connectivity index (χ3n) is 2.21. The summed E-state index contributed by atoms with van der Waals surface area (Å²) in [5.41, 5.74) is 0.335. The summed E-state index contributed by atoms with van der Waals surface area (Å²) in [5.74, 6) is -0.999. The van der Waals surface area contributed by atoms with Crippen molar-refractivity contribution in [1.82, 2.24) is 4.98 Å². The maximum Gasteiger partial charge on any atom is 0.308 e. The van der Waals surface area contributed by atoms with Crippen molar-refractivity contribution in [1.29, 1.82) is 0 Å². The van der Waals surface area contributed by atoms with E-state index >= 15 is 0 Å². The van der Waals surface area contributed by atoms with Crippen molar-refractivity contribution in [2.45, 2.75) is 10.6 Å². The molecule has 0 fully saturated rings. The Hall–Kier alpha value is -1.45. The Balaban J connectivity index is 2.19. The third kappa shape index (κ3) is 3.78. The molecule has 0 atom stereocenters. The van der Waals surface area contributed by atoms with Crippen LogP contribution in [0, 0.1) is 0 Å². The standard InChI is InChI=1S/C11H9BrN2O4S2/c12-9-3-1-7(6-13-9)14-20(17,18)11-4-2-8(19-11)5-10(15)16/h1-4,6,14H,5H2,(H,15,16). The number of rotatable bonds is 5. The molecular formula is C11H9BrN2O4S2. The van der Waals surface area contributed by atoms with Gasteiger partial charge in [0.05, 0.1) is 18.3 Å². The predicted octanol–water partition coefficient (Wildman–Crippen LogP) is 2.33. The maximum absolute atomic E-state index is 12.1. The smallest absolute Gasteiger partial charge is 0.308 e. The molecule has 0 aromatic carbocycles. The van der Waals surface area contributed by atoms with Crippen molar-refractivity contribution in [3.8, 4) is 0 Å². The van der Waals surface area contributed by atoms with Gasteiger partial charge in [0, 0.05) is 4.88 Å². The number of nitrogens with zero attached hydrogens (tertiary/aromatic N) is 1. The van der Waals surface area contributed by atoms with Gasteiger partial charge in [0.15, 0.2) is 0 Å². The molecule has 0 bridgehead atoms. The number of nitrogens with one attached hydrogen (secondary N) is 1. The highest BCUT2D eigenvalue weighted by Gasteiger charge is 2.18. The molecule has 2 heterocycles. The zero-order chi connectivity index (χ0) is 14.8. The number of anilines is 1. The summed E-state index contributed by atoms with van der Waals surface area (Å²) in [7, 11) is -3.72. The van der Waals surface area contributed by atoms with Gasteiger partial charge in [-0.2, -0.15) is 0 Å². The molecule has 0 amide bonds. The summed E-state index contributed by atoms with van der Waals surface area (Å²) >= 11 is 4.08. The molecule has 9 heteroatoms. The first kappa shape index (κ1) is 14.9. The van der Waals surface area contributed by atoms with Crippen LogP contribution in [0.25, 0.3) is 0 Å². The number of carbonyl (C=O) groups is 1. The average Bonchev–Trinajstić information content (AvgIpc) is 2.80. The molecule has 0 saturated heterocycles. The van der Waals surface area contributed by atoms with Gasteiger partial charge < -0.3 is 5.11 Å². The van der Waals surface area contributed by atoms with E-state index in [1.54, 1.807) is 12.1 Å². The molecule has 0 aliphatic rings. The second kappa shape index (κ2) is 5.90. The van der Waals surface area contributed by atoms with Crippen molar-refractivity contribution in [2.75, 3.05) is 4.72 Å². The molecule has 2 aromatic rings. The summed E-state index contributed by atoms with van der Waals surface area (Å²) < 4.78 is 27.2. The Kier molecular flexibility index (Phi) is 4.41. The Morgan fingerprint density at radius 2 is 2.10 bits per heavy atom. The molecule has 2 rings (SSSR count). The SMILES string of the molecule is O=C(O)Cc1ccc(S(=O)(=O)Nc2ccc(Br)nc2)s1. The highest BCUT2D eigenvalue weighted by atomic mass is 79.9. The van der Waals surface area contributed by atoms with Crippen LogP contribution in [0.4, 0.5) is 5.69 Å². The van der Waals surface area contributed by atoms with Gasteiger partial charge in [0.25, 0.3) is 10.0 Å². The van der Waals surface area contributed by atoms with E-state index in [0.29, 0.717) is 15.2 Å². The van der Waals surface area contributed by atoms with E-state index in [2.05, 4.69) is 25.6 Å². The largest absolute Gasteiger partial charge is 0.481 e. The van der Waals surface area contributed by atoms with E-state index in [1.165, 1.54) is 18.3 Å². The lowest BCUT2D eigenvalue weighted by Gasteiger charge is -2.05. The van der Waals surface area contributed by atoms with Gasteiger partial charge in [0.1, 0.15) is 8.81 Å². The summed E-state index contributed by atoms with van der Waals surface area (Å²) in [6, 6.07) is 6.06. The molecule has 2 aromatic heterocycles. The number of halogens is 1. The molecular weight excluding hydrogens is 368 g/mol. The first-order valence-electron chi connectivity index (χ1n) is 5.32. The monoisotopic (exact) mass is 376 g/mol.